The van der Waals surface area contributed by atoms with Crippen molar-refractivity contribution in [2.45, 2.75) is 6.54 Å². The molecule has 1 heterocycles. The monoisotopic (exact) mass is 319 g/mol. The van der Waals surface area contributed by atoms with Gasteiger partial charge in [0.1, 0.15) is 17.3 Å². The lowest BCUT2D eigenvalue weighted by atomic mass is 9.96. The van der Waals surface area contributed by atoms with Crippen molar-refractivity contribution in [1.29, 1.82) is 0 Å². The maximum atomic E-state index is 14.6. The fraction of sp³-hybridized carbons (Fsp3) is 0.0500. The van der Waals surface area contributed by atoms with Crippen molar-refractivity contribution in [3.8, 4) is 22.6 Å². The first kappa shape index (κ1) is 14.5. The third-order valence-corrected chi connectivity index (χ3v) is 4.06. The van der Waals surface area contributed by atoms with Gasteiger partial charge in [-0.05, 0) is 41.5 Å². The quantitative estimate of drug-likeness (QED) is 0.770. The smallest absolute Gasteiger partial charge is 0.251 e. The highest BCUT2D eigenvalue weighted by Gasteiger charge is 2.23. The van der Waals surface area contributed by atoms with Crippen molar-refractivity contribution in [2.24, 2.45) is 0 Å². The van der Waals surface area contributed by atoms with Crippen LogP contribution < -0.4 is 10.1 Å². The van der Waals surface area contributed by atoms with Crippen molar-refractivity contribution in [3.05, 3.63) is 83.7 Å². The first-order valence-corrected chi connectivity index (χ1v) is 7.65. The zero-order valence-electron chi connectivity index (χ0n) is 12.8. The Morgan fingerprint density at radius 3 is 2.42 bits per heavy atom. The summed E-state index contributed by atoms with van der Waals surface area (Å²) in [7, 11) is 0. The number of amides is 1. The number of hydrogen-bond donors (Lipinski definition) is 1. The van der Waals surface area contributed by atoms with Crippen LogP contribution in [0.2, 0.25) is 0 Å². The van der Waals surface area contributed by atoms with Gasteiger partial charge in [0, 0.05) is 23.7 Å². The Bertz CT molecular complexity index is 922. The summed E-state index contributed by atoms with van der Waals surface area (Å²) >= 11 is 0. The van der Waals surface area contributed by atoms with E-state index < -0.39 is 0 Å². The average molecular weight is 319 g/mol. The summed E-state index contributed by atoms with van der Waals surface area (Å²) in [5, 5.41) is 2.77. The minimum atomic E-state index is -0.379. The zero-order valence-corrected chi connectivity index (χ0v) is 12.8. The van der Waals surface area contributed by atoms with Gasteiger partial charge in [0.2, 0.25) is 0 Å². The van der Waals surface area contributed by atoms with Gasteiger partial charge in [-0.15, -0.1) is 0 Å². The predicted octanol–water partition coefficient (Wildman–Crippen LogP) is 4.53. The summed E-state index contributed by atoms with van der Waals surface area (Å²) in [5.41, 5.74) is 2.63. The lowest BCUT2D eigenvalue weighted by molar-refractivity contribution is 0.0966. The molecule has 0 bridgehead atoms. The molecule has 3 aromatic rings. The summed E-state index contributed by atoms with van der Waals surface area (Å²) < 4.78 is 20.3. The minimum absolute atomic E-state index is 0.115. The fourth-order valence-electron chi connectivity index (χ4n) is 2.91. The molecule has 0 aliphatic carbocycles. The van der Waals surface area contributed by atoms with Gasteiger partial charge in [0.25, 0.3) is 5.91 Å². The first-order chi connectivity index (χ1) is 11.7. The van der Waals surface area contributed by atoms with Crippen LogP contribution in [0.1, 0.15) is 15.9 Å². The van der Waals surface area contributed by atoms with Gasteiger partial charge in [-0.25, -0.2) is 4.39 Å². The highest BCUT2D eigenvalue weighted by molar-refractivity contribution is 6.00. The topological polar surface area (TPSA) is 38.3 Å². The third-order valence-electron chi connectivity index (χ3n) is 4.06. The minimum Gasteiger partial charge on any atom is -0.457 e. The number of para-hydroxylation sites is 1. The molecule has 0 spiro atoms. The van der Waals surface area contributed by atoms with E-state index in [4.69, 9.17) is 4.74 Å². The number of rotatable bonds is 3. The summed E-state index contributed by atoms with van der Waals surface area (Å²) in [6, 6.07) is 19.4. The van der Waals surface area contributed by atoms with Crippen molar-refractivity contribution in [2.75, 3.05) is 0 Å². The molecular formula is C20H14FNO2. The molecule has 1 aliphatic rings. The number of nitrogens with one attached hydrogen (secondary N) is 1. The molecule has 1 amide bonds. The molecule has 4 rings (SSSR count). The fourth-order valence-corrected chi connectivity index (χ4v) is 2.91. The lowest BCUT2D eigenvalue weighted by Crippen LogP contribution is -2.12. The molecule has 0 aromatic heterocycles. The standard InChI is InChI=1S/C20H14FNO2/c21-19-11-14(24-13-5-2-1-3-6-13)9-10-16(19)15-7-4-8-17-18(15)12-22-20(17)23/h1-11H,12H2,(H,22,23). The van der Waals surface area contributed by atoms with Crippen LogP contribution in [0.25, 0.3) is 11.1 Å². The third kappa shape index (κ3) is 2.52. The van der Waals surface area contributed by atoms with Crippen molar-refractivity contribution < 1.29 is 13.9 Å². The normalized spacial score (nSPS) is 12.6. The van der Waals surface area contributed by atoms with E-state index in [1.54, 1.807) is 24.3 Å². The molecule has 0 atom stereocenters. The summed E-state index contributed by atoms with van der Waals surface area (Å²) in [6.07, 6.45) is 0. The Hall–Kier alpha value is -3.14. The molecular weight excluding hydrogens is 305 g/mol. The van der Waals surface area contributed by atoms with Crippen LogP contribution in [0.15, 0.2) is 66.7 Å². The van der Waals surface area contributed by atoms with E-state index in [0.717, 1.165) is 11.1 Å². The second-order valence-electron chi connectivity index (χ2n) is 5.57. The van der Waals surface area contributed by atoms with Crippen molar-refractivity contribution in [1.82, 2.24) is 5.32 Å². The van der Waals surface area contributed by atoms with Crippen LogP contribution in [0.3, 0.4) is 0 Å². The van der Waals surface area contributed by atoms with E-state index in [1.807, 2.05) is 36.4 Å². The Morgan fingerprint density at radius 2 is 1.62 bits per heavy atom. The maximum Gasteiger partial charge on any atom is 0.251 e. The number of ether oxygens (including phenoxy) is 1. The predicted molar refractivity (Wildman–Crippen MR) is 89.5 cm³/mol. The molecule has 0 unspecified atom stereocenters. The molecule has 3 aromatic carbocycles. The van der Waals surface area contributed by atoms with Gasteiger partial charge < -0.3 is 10.1 Å². The second-order valence-corrected chi connectivity index (χ2v) is 5.57. The van der Waals surface area contributed by atoms with Crippen LogP contribution >= 0.6 is 0 Å². The van der Waals surface area contributed by atoms with E-state index >= 15 is 0 Å². The summed E-state index contributed by atoms with van der Waals surface area (Å²) in [5.74, 6) is 0.594. The highest BCUT2D eigenvalue weighted by Crippen LogP contribution is 2.33. The van der Waals surface area contributed by atoms with Crippen LogP contribution in [-0.4, -0.2) is 5.91 Å². The van der Waals surface area contributed by atoms with E-state index in [-0.39, 0.29) is 11.7 Å². The maximum absolute atomic E-state index is 14.6. The number of carbonyl (C=O) groups is 1. The van der Waals surface area contributed by atoms with Crippen LogP contribution in [0, 0.1) is 5.82 Å². The Morgan fingerprint density at radius 1 is 0.833 bits per heavy atom. The number of benzene rings is 3. The Labute approximate surface area is 138 Å². The van der Waals surface area contributed by atoms with E-state index in [9.17, 15) is 9.18 Å². The average Bonchev–Trinajstić information content (AvgIpc) is 2.98. The molecule has 0 saturated heterocycles. The van der Waals surface area contributed by atoms with E-state index in [2.05, 4.69) is 5.32 Å². The van der Waals surface area contributed by atoms with Gasteiger partial charge in [0.05, 0.1) is 0 Å². The van der Waals surface area contributed by atoms with Crippen LogP contribution in [0.4, 0.5) is 4.39 Å². The molecule has 3 nitrogen and oxygen atoms in total. The number of fused-ring (bicyclic) bond motifs is 1. The molecule has 4 heteroatoms. The van der Waals surface area contributed by atoms with Gasteiger partial charge >= 0.3 is 0 Å². The molecule has 1 N–H and O–H groups in total. The van der Waals surface area contributed by atoms with Crippen molar-refractivity contribution >= 4 is 5.91 Å². The molecule has 1 aliphatic heterocycles. The van der Waals surface area contributed by atoms with Gasteiger partial charge in [-0.3, -0.25) is 4.79 Å². The van der Waals surface area contributed by atoms with E-state index in [1.165, 1.54) is 6.07 Å². The Kier molecular flexibility index (Phi) is 3.50. The Balaban J connectivity index is 1.70. The van der Waals surface area contributed by atoms with Gasteiger partial charge in [0.15, 0.2) is 0 Å². The lowest BCUT2D eigenvalue weighted by Gasteiger charge is -2.11. The SMILES string of the molecule is O=C1NCc2c1cccc2-c1ccc(Oc2ccccc2)cc1F. The summed E-state index contributed by atoms with van der Waals surface area (Å²) in [4.78, 5) is 11.8. The summed E-state index contributed by atoms with van der Waals surface area (Å²) in [6.45, 7) is 0.423. The van der Waals surface area contributed by atoms with Crippen LogP contribution in [0.5, 0.6) is 11.5 Å². The number of hydrogen-bond acceptors (Lipinski definition) is 2. The molecule has 0 fully saturated rings. The first-order valence-electron chi connectivity index (χ1n) is 7.65. The highest BCUT2D eigenvalue weighted by atomic mass is 19.1. The van der Waals surface area contributed by atoms with E-state index in [0.29, 0.717) is 29.2 Å². The molecule has 0 saturated carbocycles. The van der Waals surface area contributed by atoms with Gasteiger partial charge in [-0.2, -0.15) is 0 Å². The second kappa shape index (κ2) is 5.81. The molecule has 118 valence electrons. The largest absolute Gasteiger partial charge is 0.457 e. The van der Waals surface area contributed by atoms with Crippen molar-refractivity contribution in [3.63, 3.8) is 0 Å². The molecule has 24 heavy (non-hydrogen) atoms. The molecule has 0 radical (unpaired) electrons. The zero-order chi connectivity index (χ0) is 16.5. The van der Waals surface area contributed by atoms with Gasteiger partial charge in [-0.1, -0.05) is 30.3 Å². The number of halogens is 1. The number of carbonyl (C=O) groups excluding carboxylic acids is 1. The van der Waals surface area contributed by atoms with Crippen LogP contribution in [-0.2, 0) is 6.54 Å².